The molecule has 1 aliphatic rings. The molecule has 1 aromatic rings. The highest BCUT2D eigenvalue weighted by Crippen LogP contribution is 2.27. The number of halogens is 1. The van der Waals surface area contributed by atoms with Crippen LogP contribution in [0.1, 0.15) is 5.56 Å². The van der Waals surface area contributed by atoms with E-state index in [0.717, 1.165) is 24.2 Å². The van der Waals surface area contributed by atoms with Gasteiger partial charge in [0, 0.05) is 24.0 Å². The van der Waals surface area contributed by atoms with E-state index >= 15 is 0 Å². The minimum Gasteiger partial charge on any atom is -0.493 e. The molecule has 0 atom stereocenters. The highest BCUT2D eigenvalue weighted by Gasteiger charge is 2.13. The molecule has 2 rings (SSSR count). The van der Waals surface area contributed by atoms with Crippen molar-refractivity contribution in [1.82, 2.24) is 4.98 Å². The molecular weight excluding hydrogens is 164 g/mol. The number of hydrogen-bond acceptors (Lipinski definition) is 3. The van der Waals surface area contributed by atoms with Crippen molar-refractivity contribution < 1.29 is 5.11 Å². The van der Waals surface area contributed by atoms with Crippen LogP contribution in [0.5, 0.6) is 5.88 Å². The molecule has 0 amide bonds. The van der Waals surface area contributed by atoms with Gasteiger partial charge in [0.1, 0.15) is 0 Å². The molecule has 0 fully saturated rings. The standard InChI is InChI=1S/C7H8N2O.ClH/c10-7-5-1-3-8-6(5)2-4-9-7;/h2,4,8H,1,3H2,(H,9,10);1H. The number of nitrogens with one attached hydrogen (secondary N) is 1. The predicted octanol–water partition coefficient (Wildman–Crippen LogP) is 1.18. The van der Waals surface area contributed by atoms with Gasteiger partial charge in [-0.25, -0.2) is 4.98 Å². The lowest BCUT2D eigenvalue weighted by Gasteiger charge is -1.98. The van der Waals surface area contributed by atoms with E-state index in [1.165, 1.54) is 0 Å². The van der Waals surface area contributed by atoms with Crippen LogP contribution in [0, 0.1) is 0 Å². The van der Waals surface area contributed by atoms with Crippen molar-refractivity contribution in [2.24, 2.45) is 0 Å². The number of pyridine rings is 1. The van der Waals surface area contributed by atoms with Crippen LogP contribution in [0.25, 0.3) is 0 Å². The average molecular weight is 173 g/mol. The second-order valence-corrected chi connectivity index (χ2v) is 2.34. The minimum atomic E-state index is 0. The van der Waals surface area contributed by atoms with Gasteiger partial charge in [0.25, 0.3) is 0 Å². The summed E-state index contributed by atoms with van der Waals surface area (Å²) in [6, 6.07) is 1.88. The quantitative estimate of drug-likeness (QED) is 0.618. The first-order valence-corrected chi connectivity index (χ1v) is 3.28. The molecule has 1 aliphatic heterocycles. The zero-order valence-corrected chi connectivity index (χ0v) is 6.69. The van der Waals surface area contributed by atoms with Crippen molar-refractivity contribution in [2.75, 3.05) is 11.9 Å². The maximum Gasteiger partial charge on any atom is 0.216 e. The molecule has 3 nitrogen and oxygen atoms in total. The number of nitrogens with zero attached hydrogens (tertiary/aromatic N) is 1. The van der Waals surface area contributed by atoms with Crippen molar-refractivity contribution in [3.05, 3.63) is 17.8 Å². The highest BCUT2D eigenvalue weighted by atomic mass is 35.5. The minimum absolute atomic E-state index is 0. The molecule has 60 valence electrons. The Labute approximate surface area is 70.9 Å². The van der Waals surface area contributed by atoms with Crippen LogP contribution < -0.4 is 5.32 Å². The summed E-state index contributed by atoms with van der Waals surface area (Å²) in [5, 5.41) is 12.3. The SMILES string of the molecule is Cl.Oc1nccc2c1CCN2. The molecule has 0 unspecified atom stereocenters. The average Bonchev–Trinajstić information content (AvgIpc) is 2.36. The van der Waals surface area contributed by atoms with Crippen LogP contribution in [0.4, 0.5) is 5.69 Å². The maximum absolute atomic E-state index is 9.18. The molecule has 0 bridgehead atoms. The number of aromatic nitrogens is 1. The Morgan fingerprint density at radius 3 is 3.09 bits per heavy atom. The van der Waals surface area contributed by atoms with Crippen LogP contribution in [0.15, 0.2) is 12.3 Å². The smallest absolute Gasteiger partial charge is 0.216 e. The fourth-order valence-electron chi connectivity index (χ4n) is 1.22. The van der Waals surface area contributed by atoms with E-state index in [4.69, 9.17) is 0 Å². The number of rotatable bonds is 0. The zero-order valence-electron chi connectivity index (χ0n) is 5.87. The highest BCUT2D eigenvalue weighted by molar-refractivity contribution is 5.85. The molecule has 1 aromatic heterocycles. The van der Waals surface area contributed by atoms with Gasteiger partial charge in [0.2, 0.25) is 5.88 Å². The normalized spacial score (nSPS) is 13.1. The second-order valence-electron chi connectivity index (χ2n) is 2.34. The molecule has 0 aliphatic carbocycles. The number of anilines is 1. The molecule has 0 saturated carbocycles. The van der Waals surface area contributed by atoms with Crippen LogP contribution in [-0.4, -0.2) is 16.6 Å². The van der Waals surface area contributed by atoms with Crippen molar-refractivity contribution in [3.8, 4) is 5.88 Å². The fraction of sp³-hybridized carbons (Fsp3) is 0.286. The summed E-state index contributed by atoms with van der Waals surface area (Å²) in [5.74, 6) is 0.169. The van der Waals surface area contributed by atoms with Gasteiger partial charge in [-0.3, -0.25) is 0 Å². The molecule has 0 aromatic carbocycles. The first-order valence-electron chi connectivity index (χ1n) is 3.28. The topological polar surface area (TPSA) is 45.2 Å². The Bertz CT molecular complexity index is 265. The van der Waals surface area contributed by atoms with Crippen LogP contribution in [0.2, 0.25) is 0 Å². The maximum atomic E-state index is 9.18. The molecule has 2 heterocycles. The van der Waals surface area contributed by atoms with Gasteiger partial charge in [-0.15, -0.1) is 12.4 Å². The van der Waals surface area contributed by atoms with Gasteiger partial charge in [-0.1, -0.05) is 0 Å². The Morgan fingerprint density at radius 1 is 1.55 bits per heavy atom. The molecule has 0 spiro atoms. The monoisotopic (exact) mass is 172 g/mol. The van der Waals surface area contributed by atoms with Crippen LogP contribution in [0.3, 0.4) is 0 Å². The molecular formula is C7H9ClN2O. The van der Waals surface area contributed by atoms with Crippen molar-refractivity contribution in [3.63, 3.8) is 0 Å². The van der Waals surface area contributed by atoms with E-state index in [2.05, 4.69) is 10.3 Å². The molecule has 4 heteroatoms. The summed E-state index contributed by atoms with van der Waals surface area (Å²) in [4.78, 5) is 3.77. The Kier molecular flexibility index (Phi) is 2.19. The number of aromatic hydroxyl groups is 1. The molecule has 11 heavy (non-hydrogen) atoms. The Morgan fingerprint density at radius 2 is 2.36 bits per heavy atom. The second kappa shape index (κ2) is 2.96. The molecule has 2 N–H and O–H groups in total. The Balaban J connectivity index is 0.000000605. The van der Waals surface area contributed by atoms with Gasteiger partial charge in [0.05, 0.1) is 0 Å². The third-order valence-electron chi connectivity index (χ3n) is 1.72. The molecule has 0 saturated heterocycles. The van der Waals surface area contributed by atoms with Crippen LogP contribution in [-0.2, 0) is 6.42 Å². The van der Waals surface area contributed by atoms with E-state index in [9.17, 15) is 5.11 Å². The first-order chi connectivity index (χ1) is 4.88. The largest absolute Gasteiger partial charge is 0.493 e. The summed E-state index contributed by atoms with van der Waals surface area (Å²) < 4.78 is 0. The molecule has 0 radical (unpaired) electrons. The van der Waals surface area contributed by atoms with Gasteiger partial charge >= 0.3 is 0 Å². The zero-order chi connectivity index (χ0) is 6.97. The Hall–Kier alpha value is -0.960. The van der Waals surface area contributed by atoms with Gasteiger partial charge in [-0.2, -0.15) is 0 Å². The van der Waals surface area contributed by atoms with Crippen molar-refractivity contribution in [1.29, 1.82) is 0 Å². The van der Waals surface area contributed by atoms with Crippen LogP contribution >= 0.6 is 12.4 Å². The summed E-state index contributed by atoms with van der Waals surface area (Å²) in [6.07, 6.45) is 2.49. The third-order valence-corrected chi connectivity index (χ3v) is 1.72. The van der Waals surface area contributed by atoms with E-state index in [-0.39, 0.29) is 18.3 Å². The summed E-state index contributed by atoms with van der Waals surface area (Å²) in [7, 11) is 0. The fourth-order valence-corrected chi connectivity index (χ4v) is 1.22. The number of fused-ring (bicyclic) bond motifs is 1. The summed E-state index contributed by atoms with van der Waals surface area (Å²) in [6.45, 7) is 0.911. The lowest BCUT2D eigenvalue weighted by atomic mass is 10.2. The predicted molar refractivity (Wildman–Crippen MR) is 45.3 cm³/mol. The van der Waals surface area contributed by atoms with Gasteiger partial charge < -0.3 is 10.4 Å². The van der Waals surface area contributed by atoms with E-state index in [1.807, 2.05) is 6.07 Å². The lowest BCUT2D eigenvalue weighted by Crippen LogP contribution is -1.90. The summed E-state index contributed by atoms with van der Waals surface area (Å²) in [5.41, 5.74) is 1.97. The van der Waals surface area contributed by atoms with Crippen molar-refractivity contribution >= 4 is 18.1 Å². The third kappa shape index (κ3) is 1.24. The van der Waals surface area contributed by atoms with E-state index in [1.54, 1.807) is 6.20 Å². The van der Waals surface area contributed by atoms with Gasteiger partial charge in [-0.05, 0) is 12.5 Å². The number of hydrogen-bond donors (Lipinski definition) is 2. The van der Waals surface area contributed by atoms with E-state index < -0.39 is 0 Å². The summed E-state index contributed by atoms with van der Waals surface area (Å²) >= 11 is 0. The van der Waals surface area contributed by atoms with Gasteiger partial charge in [0.15, 0.2) is 0 Å². The van der Waals surface area contributed by atoms with E-state index in [0.29, 0.717) is 0 Å². The van der Waals surface area contributed by atoms with Crippen molar-refractivity contribution in [2.45, 2.75) is 6.42 Å². The lowest BCUT2D eigenvalue weighted by molar-refractivity contribution is 0.448. The first kappa shape index (κ1) is 8.14.